The van der Waals surface area contributed by atoms with Crippen molar-refractivity contribution in [2.75, 3.05) is 0 Å². The zero-order chi connectivity index (χ0) is 36.3. The van der Waals surface area contributed by atoms with Crippen LogP contribution in [0.15, 0.2) is 198 Å². The highest BCUT2D eigenvalue weighted by Gasteiger charge is 2.42. The molecule has 0 saturated heterocycles. The van der Waals surface area contributed by atoms with Gasteiger partial charge in [-0.25, -0.2) is 4.98 Å². The molecule has 0 radical (unpaired) electrons. The smallest absolute Gasteiger partial charge is 0.179 e. The van der Waals surface area contributed by atoms with Gasteiger partial charge in [0.2, 0.25) is 0 Å². The van der Waals surface area contributed by atoms with E-state index in [1.165, 1.54) is 58.0 Å². The standard InChI is InChI=1S/C49H37N3SSi/c1-49(2)41-25-9-10-27-45(41)53-47-42(49)28-29-44-46(47)40-24-15-31-51-48(40)52(44)35-17-14-23-39(33-35)54(36-18-5-3-6-19-36,37-20-7-4-8-21-37)38-22-13-16-34(32-38)43-26-11-12-30-50-43/h3-33H,1-2H3. The van der Waals surface area contributed by atoms with Gasteiger partial charge in [0.05, 0.1) is 11.2 Å². The van der Waals surface area contributed by atoms with Crippen LogP contribution in [0, 0.1) is 0 Å². The molecule has 6 aromatic carbocycles. The zero-order valence-electron chi connectivity index (χ0n) is 30.1. The summed E-state index contributed by atoms with van der Waals surface area (Å²) in [5, 5.41) is 7.73. The fourth-order valence-electron chi connectivity index (χ4n) is 8.79. The van der Waals surface area contributed by atoms with Crippen LogP contribution in [0.25, 0.3) is 38.9 Å². The van der Waals surface area contributed by atoms with E-state index in [0.29, 0.717) is 0 Å². The van der Waals surface area contributed by atoms with Gasteiger partial charge in [-0.3, -0.25) is 9.55 Å². The molecule has 0 bridgehead atoms. The minimum absolute atomic E-state index is 0.123. The molecule has 9 aromatic rings. The minimum atomic E-state index is -2.89. The monoisotopic (exact) mass is 727 g/mol. The Bertz CT molecular complexity index is 2790. The molecule has 10 rings (SSSR count). The molecule has 0 unspecified atom stereocenters. The Morgan fingerprint density at radius 1 is 0.537 bits per heavy atom. The summed E-state index contributed by atoms with van der Waals surface area (Å²) in [6, 6.07) is 64.7. The molecule has 0 saturated carbocycles. The second-order valence-electron chi connectivity index (χ2n) is 14.6. The fraction of sp³-hybridized carbons (Fsp3) is 0.0612. The fourth-order valence-corrected chi connectivity index (χ4v) is 15.2. The molecule has 0 aliphatic carbocycles. The lowest BCUT2D eigenvalue weighted by Crippen LogP contribution is -2.74. The summed E-state index contributed by atoms with van der Waals surface area (Å²) in [5.74, 6) is 0. The first kappa shape index (κ1) is 32.6. The van der Waals surface area contributed by atoms with Gasteiger partial charge in [0.1, 0.15) is 5.65 Å². The SMILES string of the molecule is CC1(C)c2ccccc2Sc2c1ccc1c2c2cccnc2n1-c1cccc([Si](c2ccccc2)(c2ccccc2)c2cccc(-c3ccccn3)c2)c1. The number of hydrogen-bond donors (Lipinski definition) is 0. The van der Waals surface area contributed by atoms with Gasteiger partial charge in [-0.15, -0.1) is 0 Å². The lowest BCUT2D eigenvalue weighted by Gasteiger charge is -2.35. The number of aromatic nitrogens is 3. The molecule has 0 spiro atoms. The maximum atomic E-state index is 5.09. The number of rotatable bonds is 6. The number of hydrogen-bond acceptors (Lipinski definition) is 3. The summed E-state index contributed by atoms with van der Waals surface area (Å²) in [6.45, 7) is 4.72. The second-order valence-corrected chi connectivity index (χ2v) is 19.5. The highest BCUT2D eigenvalue weighted by Crippen LogP contribution is 2.52. The van der Waals surface area contributed by atoms with Gasteiger partial charge in [-0.05, 0) is 80.4 Å². The average molecular weight is 728 g/mol. The van der Waals surface area contributed by atoms with Gasteiger partial charge < -0.3 is 0 Å². The van der Waals surface area contributed by atoms with Gasteiger partial charge in [0, 0.05) is 49.6 Å². The van der Waals surface area contributed by atoms with E-state index in [4.69, 9.17) is 9.97 Å². The van der Waals surface area contributed by atoms with Gasteiger partial charge in [-0.1, -0.05) is 153 Å². The molecule has 1 aliphatic heterocycles. The van der Waals surface area contributed by atoms with Gasteiger partial charge in [-0.2, -0.15) is 0 Å². The normalized spacial score (nSPS) is 13.4. The number of pyridine rings is 2. The van der Waals surface area contributed by atoms with E-state index < -0.39 is 8.07 Å². The summed E-state index contributed by atoms with van der Waals surface area (Å²) in [4.78, 5) is 12.5. The predicted octanol–water partition coefficient (Wildman–Crippen LogP) is 9.41. The lowest BCUT2D eigenvalue weighted by atomic mass is 9.77. The van der Waals surface area contributed by atoms with Crippen LogP contribution < -0.4 is 20.7 Å². The van der Waals surface area contributed by atoms with E-state index in [1.807, 2.05) is 30.2 Å². The summed E-state index contributed by atoms with van der Waals surface area (Å²) in [6.07, 6.45) is 3.80. The van der Waals surface area contributed by atoms with E-state index in [2.05, 4.69) is 188 Å². The number of benzene rings is 6. The molecular formula is C49H37N3SSi. The summed E-state index contributed by atoms with van der Waals surface area (Å²) in [5.41, 5.74) is 7.96. The van der Waals surface area contributed by atoms with Crippen LogP contribution in [0.5, 0.6) is 0 Å². The van der Waals surface area contributed by atoms with E-state index in [0.717, 1.165) is 22.6 Å². The molecule has 3 aromatic heterocycles. The Morgan fingerprint density at radius 3 is 1.96 bits per heavy atom. The third-order valence-electron chi connectivity index (χ3n) is 11.3. The van der Waals surface area contributed by atoms with Crippen molar-refractivity contribution < 1.29 is 0 Å². The predicted molar refractivity (Wildman–Crippen MR) is 228 cm³/mol. The summed E-state index contributed by atoms with van der Waals surface area (Å²) < 4.78 is 2.39. The van der Waals surface area contributed by atoms with Gasteiger partial charge in [0.15, 0.2) is 8.07 Å². The topological polar surface area (TPSA) is 30.7 Å². The first-order chi connectivity index (χ1) is 26.5. The van der Waals surface area contributed by atoms with Crippen molar-refractivity contribution in [1.29, 1.82) is 0 Å². The maximum Gasteiger partial charge on any atom is 0.179 e. The molecule has 54 heavy (non-hydrogen) atoms. The molecule has 258 valence electrons. The molecular weight excluding hydrogens is 691 g/mol. The van der Waals surface area contributed by atoms with Crippen molar-refractivity contribution in [3.63, 3.8) is 0 Å². The van der Waals surface area contributed by atoms with Crippen LogP contribution in [-0.2, 0) is 5.41 Å². The minimum Gasteiger partial charge on any atom is -0.294 e. The summed E-state index contributed by atoms with van der Waals surface area (Å²) in [7, 11) is -2.89. The van der Waals surface area contributed by atoms with Gasteiger partial charge >= 0.3 is 0 Å². The van der Waals surface area contributed by atoms with E-state index >= 15 is 0 Å². The van der Waals surface area contributed by atoms with Crippen LogP contribution in [0.4, 0.5) is 0 Å². The molecule has 3 nitrogen and oxygen atoms in total. The molecule has 0 atom stereocenters. The van der Waals surface area contributed by atoms with Crippen LogP contribution in [0.3, 0.4) is 0 Å². The van der Waals surface area contributed by atoms with Gasteiger partial charge in [0.25, 0.3) is 0 Å². The van der Waals surface area contributed by atoms with Crippen molar-refractivity contribution in [1.82, 2.24) is 14.5 Å². The third kappa shape index (κ3) is 4.96. The van der Waals surface area contributed by atoms with Crippen LogP contribution in [-0.4, -0.2) is 22.6 Å². The third-order valence-corrected chi connectivity index (χ3v) is 17.3. The molecule has 4 heterocycles. The van der Waals surface area contributed by atoms with E-state index in [9.17, 15) is 0 Å². The Kier molecular flexibility index (Phi) is 7.75. The van der Waals surface area contributed by atoms with E-state index in [1.54, 1.807) is 0 Å². The van der Waals surface area contributed by atoms with Crippen molar-refractivity contribution in [2.24, 2.45) is 0 Å². The highest BCUT2D eigenvalue weighted by molar-refractivity contribution is 7.99. The molecule has 5 heteroatoms. The molecule has 0 amide bonds. The largest absolute Gasteiger partial charge is 0.294 e. The lowest BCUT2D eigenvalue weighted by molar-refractivity contribution is 0.609. The van der Waals surface area contributed by atoms with E-state index in [-0.39, 0.29) is 5.41 Å². The van der Waals surface area contributed by atoms with Crippen LogP contribution in [0.1, 0.15) is 25.0 Å². The number of fused-ring (bicyclic) bond motifs is 6. The molecule has 0 fully saturated rings. The van der Waals surface area contributed by atoms with Crippen molar-refractivity contribution in [3.05, 3.63) is 199 Å². The quantitative estimate of drug-likeness (QED) is 0.126. The summed E-state index contributed by atoms with van der Waals surface area (Å²) >= 11 is 1.90. The Morgan fingerprint density at radius 2 is 1.20 bits per heavy atom. The number of nitrogens with zero attached hydrogens (tertiary/aromatic N) is 3. The second kappa shape index (κ2) is 12.8. The highest BCUT2D eigenvalue weighted by atomic mass is 32.2. The molecule has 0 N–H and O–H groups in total. The first-order valence-electron chi connectivity index (χ1n) is 18.5. The average Bonchev–Trinajstić information content (AvgIpc) is 3.58. The first-order valence-corrected chi connectivity index (χ1v) is 21.3. The Balaban J connectivity index is 1.25. The van der Waals surface area contributed by atoms with Crippen molar-refractivity contribution in [2.45, 2.75) is 29.1 Å². The zero-order valence-corrected chi connectivity index (χ0v) is 32.0. The van der Waals surface area contributed by atoms with Crippen LogP contribution in [0.2, 0.25) is 0 Å². The Hall–Kier alpha value is -6.01. The molecule has 1 aliphatic rings. The van der Waals surface area contributed by atoms with Crippen LogP contribution >= 0.6 is 11.8 Å². The van der Waals surface area contributed by atoms with Crippen molar-refractivity contribution in [3.8, 4) is 16.9 Å². The maximum absolute atomic E-state index is 5.09. The van der Waals surface area contributed by atoms with Crippen molar-refractivity contribution >= 4 is 62.5 Å². The Labute approximate surface area is 321 Å².